The molecule has 0 aliphatic rings. The number of hydrogen-bond donors (Lipinski definition) is 1. The Kier molecular flexibility index (Phi) is 5.28. The summed E-state index contributed by atoms with van der Waals surface area (Å²) >= 11 is 0. The molecule has 0 aliphatic carbocycles. The molecule has 0 bridgehead atoms. The SMILES string of the molecule is Cc1cc(/C=N\NC(=O)c2ccc([N+](=O)[O-])cc2)c(C)n1-c1ccc2ncccc2c1. The van der Waals surface area contributed by atoms with Gasteiger partial charge in [-0.3, -0.25) is 19.9 Å². The number of carbonyl (C=O) groups is 1. The molecule has 0 unspecified atom stereocenters. The van der Waals surface area contributed by atoms with Gasteiger partial charge in [-0.2, -0.15) is 5.10 Å². The summed E-state index contributed by atoms with van der Waals surface area (Å²) in [5.41, 5.74) is 7.51. The lowest BCUT2D eigenvalue weighted by atomic mass is 10.2. The van der Waals surface area contributed by atoms with Gasteiger partial charge in [-0.15, -0.1) is 0 Å². The number of nitrogens with zero attached hydrogens (tertiary/aromatic N) is 4. The molecule has 2 aromatic heterocycles. The van der Waals surface area contributed by atoms with Crippen LogP contribution in [0.3, 0.4) is 0 Å². The number of hydrogen-bond acceptors (Lipinski definition) is 5. The van der Waals surface area contributed by atoms with E-state index >= 15 is 0 Å². The molecular weight excluding hydrogens is 394 g/mol. The van der Waals surface area contributed by atoms with Crippen molar-refractivity contribution in [3.05, 3.63) is 99.5 Å². The van der Waals surface area contributed by atoms with Crippen molar-refractivity contribution in [1.82, 2.24) is 15.0 Å². The number of fused-ring (bicyclic) bond motifs is 1. The molecule has 0 radical (unpaired) electrons. The maximum absolute atomic E-state index is 12.2. The number of hydrazone groups is 1. The van der Waals surface area contributed by atoms with E-state index in [2.05, 4.69) is 26.1 Å². The number of amides is 1. The molecule has 1 N–H and O–H groups in total. The van der Waals surface area contributed by atoms with Crippen LogP contribution in [-0.2, 0) is 0 Å². The Labute approximate surface area is 178 Å². The van der Waals surface area contributed by atoms with Crippen LogP contribution in [0.1, 0.15) is 27.3 Å². The van der Waals surface area contributed by atoms with Gasteiger partial charge in [0, 0.05) is 51.9 Å². The number of aryl methyl sites for hydroxylation is 1. The number of carbonyl (C=O) groups excluding carboxylic acids is 1. The molecule has 8 heteroatoms. The van der Waals surface area contributed by atoms with Crippen LogP contribution in [0, 0.1) is 24.0 Å². The molecule has 0 saturated heterocycles. The van der Waals surface area contributed by atoms with E-state index in [-0.39, 0.29) is 11.3 Å². The Morgan fingerprint density at radius 2 is 1.90 bits per heavy atom. The second kappa shape index (κ2) is 8.19. The highest BCUT2D eigenvalue weighted by Crippen LogP contribution is 2.23. The molecular formula is C23H19N5O3. The van der Waals surface area contributed by atoms with Gasteiger partial charge in [-0.1, -0.05) is 6.07 Å². The number of benzene rings is 2. The third-order valence-corrected chi connectivity index (χ3v) is 5.03. The summed E-state index contributed by atoms with van der Waals surface area (Å²) in [6, 6.07) is 17.4. The minimum absolute atomic E-state index is 0.0723. The van der Waals surface area contributed by atoms with Crippen molar-refractivity contribution in [2.75, 3.05) is 0 Å². The fourth-order valence-electron chi connectivity index (χ4n) is 3.48. The number of nitro benzene ring substituents is 1. The average molecular weight is 413 g/mol. The fraction of sp³-hybridized carbons (Fsp3) is 0.0870. The molecule has 2 aromatic carbocycles. The number of non-ortho nitro benzene ring substituents is 1. The monoisotopic (exact) mass is 413 g/mol. The minimum atomic E-state index is -0.512. The molecule has 1 amide bonds. The highest BCUT2D eigenvalue weighted by Gasteiger charge is 2.11. The molecule has 31 heavy (non-hydrogen) atoms. The molecule has 0 spiro atoms. The Balaban J connectivity index is 1.53. The van der Waals surface area contributed by atoms with E-state index in [1.807, 2.05) is 44.2 Å². The molecule has 0 saturated carbocycles. The number of rotatable bonds is 5. The van der Waals surface area contributed by atoms with Crippen LogP contribution in [-0.4, -0.2) is 26.6 Å². The first-order valence-corrected chi connectivity index (χ1v) is 9.56. The lowest BCUT2D eigenvalue weighted by molar-refractivity contribution is -0.384. The van der Waals surface area contributed by atoms with Crippen LogP contribution in [0.5, 0.6) is 0 Å². The van der Waals surface area contributed by atoms with Gasteiger partial charge < -0.3 is 4.57 Å². The molecule has 4 aromatic rings. The van der Waals surface area contributed by atoms with Crippen molar-refractivity contribution >= 4 is 28.7 Å². The van der Waals surface area contributed by atoms with Gasteiger partial charge >= 0.3 is 0 Å². The first-order valence-electron chi connectivity index (χ1n) is 9.56. The summed E-state index contributed by atoms with van der Waals surface area (Å²) < 4.78 is 2.12. The fourth-order valence-corrected chi connectivity index (χ4v) is 3.48. The van der Waals surface area contributed by atoms with E-state index in [1.165, 1.54) is 24.3 Å². The Bertz CT molecular complexity index is 1320. The predicted molar refractivity (Wildman–Crippen MR) is 119 cm³/mol. The lowest BCUT2D eigenvalue weighted by Gasteiger charge is -2.10. The lowest BCUT2D eigenvalue weighted by Crippen LogP contribution is -2.17. The maximum atomic E-state index is 12.2. The zero-order chi connectivity index (χ0) is 22.0. The molecule has 8 nitrogen and oxygen atoms in total. The summed E-state index contributed by atoms with van der Waals surface area (Å²) in [7, 11) is 0. The third-order valence-electron chi connectivity index (χ3n) is 5.03. The third kappa shape index (κ3) is 4.04. The van der Waals surface area contributed by atoms with E-state index in [9.17, 15) is 14.9 Å². The highest BCUT2D eigenvalue weighted by atomic mass is 16.6. The van der Waals surface area contributed by atoms with Gasteiger partial charge in [-0.05, 0) is 56.3 Å². The van der Waals surface area contributed by atoms with Gasteiger partial charge in [0.2, 0.25) is 0 Å². The molecule has 0 atom stereocenters. The number of aromatic nitrogens is 2. The van der Waals surface area contributed by atoms with Crippen molar-refractivity contribution in [2.24, 2.45) is 5.10 Å². The Hall–Kier alpha value is -4.33. The smallest absolute Gasteiger partial charge is 0.271 e. The van der Waals surface area contributed by atoms with Crippen LogP contribution in [0.25, 0.3) is 16.6 Å². The highest BCUT2D eigenvalue weighted by molar-refractivity contribution is 5.95. The van der Waals surface area contributed by atoms with E-state index in [0.29, 0.717) is 0 Å². The average Bonchev–Trinajstić information content (AvgIpc) is 3.06. The van der Waals surface area contributed by atoms with Gasteiger partial charge in [0.15, 0.2) is 0 Å². The molecule has 2 heterocycles. The topological polar surface area (TPSA) is 102 Å². The summed E-state index contributed by atoms with van der Waals surface area (Å²) in [6.45, 7) is 3.99. The Morgan fingerprint density at radius 1 is 1.13 bits per heavy atom. The summed E-state index contributed by atoms with van der Waals surface area (Å²) in [4.78, 5) is 26.8. The van der Waals surface area contributed by atoms with Crippen molar-refractivity contribution in [1.29, 1.82) is 0 Å². The molecule has 0 aliphatic heterocycles. The van der Waals surface area contributed by atoms with Gasteiger partial charge in [-0.25, -0.2) is 5.43 Å². The molecule has 4 rings (SSSR count). The van der Waals surface area contributed by atoms with E-state index in [0.717, 1.165) is 33.5 Å². The van der Waals surface area contributed by atoms with Gasteiger partial charge in [0.05, 0.1) is 16.7 Å². The zero-order valence-corrected chi connectivity index (χ0v) is 16.9. The van der Waals surface area contributed by atoms with E-state index < -0.39 is 10.8 Å². The first kappa shape index (κ1) is 20.0. The summed E-state index contributed by atoms with van der Waals surface area (Å²) in [5, 5.41) is 15.8. The quantitative estimate of drug-likeness (QED) is 0.299. The van der Waals surface area contributed by atoms with Crippen molar-refractivity contribution in [3.63, 3.8) is 0 Å². The van der Waals surface area contributed by atoms with Crippen molar-refractivity contribution in [2.45, 2.75) is 13.8 Å². The number of nitro groups is 1. The van der Waals surface area contributed by atoms with Crippen LogP contribution >= 0.6 is 0 Å². The minimum Gasteiger partial charge on any atom is -0.318 e. The number of nitrogens with one attached hydrogen (secondary N) is 1. The van der Waals surface area contributed by atoms with Gasteiger partial charge in [0.1, 0.15) is 0 Å². The predicted octanol–water partition coefficient (Wildman–Crippen LogP) is 4.31. The first-order chi connectivity index (χ1) is 14.9. The van der Waals surface area contributed by atoms with Crippen LogP contribution < -0.4 is 5.43 Å². The van der Waals surface area contributed by atoms with Crippen LogP contribution in [0.4, 0.5) is 5.69 Å². The van der Waals surface area contributed by atoms with Gasteiger partial charge in [0.25, 0.3) is 11.6 Å². The van der Waals surface area contributed by atoms with E-state index in [4.69, 9.17) is 0 Å². The normalized spacial score (nSPS) is 11.2. The molecule has 154 valence electrons. The van der Waals surface area contributed by atoms with Crippen LogP contribution in [0.2, 0.25) is 0 Å². The largest absolute Gasteiger partial charge is 0.318 e. The van der Waals surface area contributed by atoms with Crippen molar-refractivity contribution < 1.29 is 9.72 Å². The van der Waals surface area contributed by atoms with Crippen LogP contribution in [0.15, 0.2) is 72.0 Å². The summed E-state index contributed by atoms with van der Waals surface area (Å²) in [6.07, 6.45) is 3.36. The standard InChI is InChI=1S/C23H19N5O3/c1-15-12-19(14-25-26-23(29)17-5-7-20(8-6-17)28(30)31)16(2)27(15)21-9-10-22-18(13-21)4-3-11-24-22/h3-14H,1-2H3,(H,26,29)/b25-14-. The molecule has 0 fully saturated rings. The zero-order valence-electron chi connectivity index (χ0n) is 16.9. The number of pyridine rings is 1. The van der Waals surface area contributed by atoms with Crippen molar-refractivity contribution in [3.8, 4) is 5.69 Å². The summed E-state index contributed by atoms with van der Waals surface area (Å²) in [5.74, 6) is -0.443. The second-order valence-electron chi connectivity index (χ2n) is 7.05. The van der Waals surface area contributed by atoms with E-state index in [1.54, 1.807) is 12.4 Å². The Morgan fingerprint density at radius 3 is 2.65 bits per heavy atom. The maximum Gasteiger partial charge on any atom is 0.271 e. The second-order valence-corrected chi connectivity index (χ2v) is 7.05.